The van der Waals surface area contributed by atoms with Crippen LogP contribution in [0, 0.1) is 5.92 Å². The summed E-state index contributed by atoms with van der Waals surface area (Å²) in [5, 5.41) is 0. The minimum absolute atomic E-state index is 0.0584. The number of piperidine rings is 1. The van der Waals surface area contributed by atoms with E-state index in [0.717, 1.165) is 42.7 Å². The van der Waals surface area contributed by atoms with Gasteiger partial charge in [0.2, 0.25) is 0 Å². The van der Waals surface area contributed by atoms with Crippen LogP contribution >= 0.6 is 15.9 Å². The Morgan fingerprint density at radius 2 is 2.05 bits per heavy atom. The number of hydrogen-bond donors (Lipinski definition) is 0. The van der Waals surface area contributed by atoms with E-state index < -0.39 is 0 Å². The zero-order chi connectivity index (χ0) is 14.5. The highest BCUT2D eigenvalue weighted by Crippen LogP contribution is 2.26. The number of esters is 1. The van der Waals surface area contributed by atoms with Gasteiger partial charge in [-0.1, -0.05) is 22.0 Å². The van der Waals surface area contributed by atoms with Crippen molar-refractivity contribution >= 4 is 21.9 Å². The van der Waals surface area contributed by atoms with Crippen molar-refractivity contribution in [1.82, 2.24) is 4.90 Å². The van der Waals surface area contributed by atoms with Gasteiger partial charge in [0.1, 0.15) is 5.75 Å². The van der Waals surface area contributed by atoms with Crippen LogP contribution in [0.4, 0.5) is 0 Å². The lowest BCUT2D eigenvalue weighted by molar-refractivity contribution is -0.147. The van der Waals surface area contributed by atoms with Crippen LogP contribution in [-0.4, -0.2) is 38.2 Å². The summed E-state index contributed by atoms with van der Waals surface area (Å²) in [5.41, 5.74) is 1.17. The minimum Gasteiger partial charge on any atom is -0.496 e. The average molecular weight is 342 g/mol. The molecule has 110 valence electrons. The third-order valence-electron chi connectivity index (χ3n) is 3.77. The number of methoxy groups -OCH3 is 2. The molecule has 0 atom stereocenters. The fraction of sp³-hybridized carbons (Fsp3) is 0.533. The summed E-state index contributed by atoms with van der Waals surface area (Å²) < 4.78 is 11.2. The van der Waals surface area contributed by atoms with Crippen LogP contribution in [0.3, 0.4) is 0 Å². The van der Waals surface area contributed by atoms with Crippen LogP contribution in [0.2, 0.25) is 0 Å². The normalized spacial score (nSPS) is 16.9. The molecular formula is C15H20BrNO3. The van der Waals surface area contributed by atoms with Crippen LogP contribution < -0.4 is 4.74 Å². The highest BCUT2D eigenvalue weighted by Gasteiger charge is 2.25. The molecule has 1 aromatic rings. The molecule has 4 nitrogen and oxygen atoms in total. The largest absolute Gasteiger partial charge is 0.496 e. The van der Waals surface area contributed by atoms with Crippen molar-refractivity contribution in [3.05, 3.63) is 28.2 Å². The average Bonchev–Trinajstić information content (AvgIpc) is 2.49. The van der Waals surface area contributed by atoms with Crippen molar-refractivity contribution in [3.63, 3.8) is 0 Å². The number of rotatable bonds is 4. The van der Waals surface area contributed by atoms with Gasteiger partial charge in [0.25, 0.3) is 0 Å². The quantitative estimate of drug-likeness (QED) is 0.789. The second-order valence-corrected chi connectivity index (χ2v) is 5.95. The molecule has 1 aliphatic rings. The van der Waals surface area contributed by atoms with E-state index in [1.54, 1.807) is 7.11 Å². The summed E-state index contributed by atoms with van der Waals surface area (Å²) in [6, 6.07) is 6.09. The first-order valence-electron chi connectivity index (χ1n) is 6.76. The number of nitrogens with zero attached hydrogens (tertiary/aromatic N) is 1. The fourth-order valence-corrected chi connectivity index (χ4v) is 2.92. The summed E-state index contributed by atoms with van der Waals surface area (Å²) in [5.74, 6) is 0.878. The molecule has 1 heterocycles. The third-order valence-corrected chi connectivity index (χ3v) is 4.26. The first-order valence-corrected chi connectivity index (χ1v) is 7.56. The van der Waals surface area contributed by atoms with Gasteiger partial charge in [-0.15, -0.1) is 0 Å². The van der Waals surface area contributed by atoms with Crippen molar-refractivity contribution in [2.24, 2.45) is 5.92 Å². The van der Waals surface area contributed by atoms with E-state index in [2.05, 4.69) is 26.9 Å². The SMILES string of the molecule is COC(=O)C1CCN(Cc2ccc(Br)cc2OC)CC1. The molecule has 1 aromatic carbocycles. The van der Waals surface area contributed by atoms with Crippen molar-refractivity contribution in [3.8, 4) is 5.75 Å². The number of carbonyl (C=O) groups is 1. The Morgan fingerprint density at radius 1 is 1.35 bits per heavy atom. The highest BCUT2D eigenvalue weighted by molar-refractivity contribution is 9.10. The lowest BCUT2D eigenvalue weighted by atomic mass is 9.96. The summed E-state index contributed by atoms with van der Waals surface area (Å²) >= 11 is 3.45. The molecule has 0 aliphatic carbocycles. The van der Waals surface area contributed by atoms with Gasteiger partial charge in [0.05, 0.1) is 20.1 Å². The first-order chi connectivity index (χ1) is 9.63. The second kappa shape index (κ2) is 7.09. The van der Waals surface area contributed by atoms with Crippen molar-refractivity contribution in [1.29, 1.82) is 0 Å². The number of carbonyl (C=O) groups excluding carboxylic acids is 1. The molecule has 0 aromatic heterocycles. The Labute approximate surface area is 128 Å². The monoisotopic (exact) mass is 341 g/mol. The fourth-order valence-electron chi connectivity index (χ4n) is 2.58. The van der Waals surface area contributed by atoms with E-state index >= 15 is 0 Å². The number of ether oxygens (including phenoxy) is 2. The second-order valence-electron chi connectivity index (χ2n) is 5.03. The maximum atomic E-state index is 11.5. The van der Waals surface area contributed by atoms with E-state index in [-0.39, 0.29) is 11.9 Å². The molecule has 0 saturated carbocycles. The molecule has 0 unspecified atom stereocenters. The molecule has 0 spiro atoms. The van der Waals surface area contributed by atoms with E-state index in [0.29, 0.717) is 0 Å². The van der Waals surface area contributed by atoms with Gasteiger partial charge in [-0.05, 0) is 38.1 Å². The minimum atomic E-state index is -0.0779. The van der Waals surface area contributed by atoms with Crippen molar-refractivity contribution < 1.29 is 14.3 Å². The van der Waals surface area contributed by atoms with E-state index in [9.17, 15) is 4.79 Å². The van der Waals surface area contributed by atoms with Gasteiger partial charge in [-0.3, -0.25) is 9.69 Å². The highest BCUT2D eigenvalue weighted by atomic mass is 79.9. The molecule has 2 rings (SSSR count). The Kier molecular flexibility index (Phi) is 5.43. The molecule has 20 heavy (non-hydrogen) atoms. The lowest BCUT2D eigenvalue weighted by Gasteiger charge is -2.30. The number of likely N-dealkylation sites (tertiary alicyclic amines) is 1. The van der Waals surface area contributed by atoms with Crippen LogP contribution in [0.25, 0.3) is 0 Å². The molecule has 0 radical (unpaired) electrons. The van der Waals surface area contributed by atoms with Crippen LogP contribution in [0.5, 0.6) is 5.75 Å². The maximum Gasteiger partial charge on any atom is 0.308 e. The van der Waals surface area contributed by atoms with E-state index in [1.165, 1.54) is 12.7 Å². The van der Waals surface area contributed by atoms with Crippen LogP contribution in [0.1, 0.15) is 18.4 Å². The molecule has 1 saturated heterocycles. The van der Waals surface area contributed by atoms with Gasteiger partial charge in [-0.25, -0.2) is 0 Å². The summed E-state index contributed by atoms with van der Waals surface area (Å²) in [4.78, 5) is 13.9. The zero-order valence-corrected chi connectivity index (χ0v) is 13.5. The van der Waals surface area contributed by atoms with Gasteiger partial charge < -0.3 is 9.47 Å². The third kappa shape index (κ3) is 3.73. The Hall–Kier alpha value is -1.07. The molecule has 5 heteroatoms. The topological polar surface area (TPSA) is 38.8 Å². The standard InChI is InChI=1S/C15H20BrNO3/c1-19-14-9-13(16)4-3-12(14)10-17-7-5-11(6-8-17)15(18)20-2/h3-4,9,11H,5-8,10H2,1-2H3. The lowest BCUT2D eigenvalue weighted by Crippen LogP contribution is -2.36. The number of halogens is 1. The Bertz CT molecular complexity index is 470. The Balaban J connectivity index is 1.94. The summed E-state index contributed by atoms with van der Waals surface area (Å²) in [6.45, 7) is 2.68. The van der Waals surface area contributed by atoms with E-state index in [1.807, 2.05) is 12.1 Å². The number of benzene rings is 1. The summed E-state index contributed by atoms with van der Waals surface area (Å²) in [6.07, 6.45) is 1.73. The van der Waals surface area contributed by atoms with Gasteiger partial charge >= 0.3 is 5.97 Å². The smallest absolute Gasteiger partial charge is 0.308 e. The molecule has 1 aliphatic heterocycles. The molecule has 1 fully saturated rings. The maximum absolute atomic E-state index is 11.5. The summed E-state index contributed by atoms with van der Waals surface area (Å²) in [7, 11) is 3.15. The predicted octanol–water partition coefficient (Wildman–Crippen LogP) is 2.84. The zero-order valence-electron chi connectivity index (χ0n) is 11.9. The molecule has 0 bridgehead atoms. The van der Waals surface area contributed by atoms with Gasteiger partial charge in [-0.2, -0.15) is 0 Å². The molecular weight excluding hydrogens is 322 g/mol. The van der Waals surface area contributed by atoms with Gasteiger partial charge in [0.15, 0.2) is 0 Å². The first kappa shape index (κ1) is 15.3. The van der Waals surface area contributed by atoms with Crippen LogP contribution in [0.15, 0.2) is 22.7 Å². The molecule has 0 amide bonds. The Morgan fingerprint density at radius 3 is 2.65 bits per heavy atom. The van der Waals surface area contributed by atoms with Crippen LogP contribution in [-0.2, 0) is 16.1 Å². The molecule has 0 N–H and O–H groups in total. The van der Waals surface area contributed by atoms with Crippen molar-refractivity contribution in [2.45, 2.75) is 19.4 Å². The van der Waals surface area contributed by atoms with Gasteiger partial charge in [0, 0.05) is 16.6 Å². The van der Waals surface area contributed by atoms with Crippen molar-refractivity contribution in [2.75, 3.05) is 27.3 Å². The predicted molar refractivity (Wildman–Crippen MR) is 80.7 cm³/mol. The number of hydrogen-bond acceptors (Lipinski definition) is 4. The van der Waals surface area contributed by atoms with E-state index in [4.69, 9.17) is 9.47 Å².